The Bertz CT molecular complexity index is 906. The van der Waals surface area contributed by atoms with Crippen molar-refractivity contribution < 1.29 is 4.74 Å². The second kappa shape index (κ2) is 6.15. The number of nitrogens with one attached hydrogen (secondary N) is 1. The lowest BCUT2D eigenvalue weighted by atomic mass is 10.0. The maximum absolute atomic E-state index is 6.30. The van der Waals surface area contributed by atoms with Crippen LogP contribution in [0.5, 0.6) is 5.88 Å². The summed E-state index contributed by atoms with van der Waals surface area (Å²) in [6, 6.07) is 2.01. The number of hydrogen-bond donors (Lipinski definition) is 1. The number of ether oxygens (including phenoxy) is 1. The van der Waals surface area contributed by atoms with Gasteiger partial charge in [-0.2, -0.15) is 10.2 Å². The highest BCUT2D eigenvalue weighted by Gasteiger charge is 2.24. The van der Waals surface area contributed by atoms with E-state index < -0.39 is 0 Å². The third-order valence-electron chi connectivity index (χ3n) is 4.93. The molecule has 7 nitrogen and oxygen atoms in total. The maximum Gasteiger partial charge on any atom is 0.225 e. The van der Waals surface area contributed by atoms with E-state index in [4.69, 9.17) is 9.72 Å². The Morgan fingerprint density at radius 1 is 1.24 bits per heavy atom. The van der Waals surface area contributed by atoms with E-state index in [1.807, 2.05) is 44.2 Å². The van der Waals surface area contributed by atoms with E-state index in [-0.39, 0.29) is 6.10 Å². The van der Waals surface area contributed by atoms with Gasteiger partial charge in [0.15, 0.2) is 0 Å². The molecule has 0 aromatic carbocycles. The van der Waals surface area contributed by atoms with Crippen LogP contribution in [0.3, 0.4) is 0 Å². The highest BCUT2D eigenvalue weighted by molar-refractivity contribution is 5.87. The van der Waals surface area contributed by atoms with Gasteiger partial charge in [0.05, 0.1) is 22.3 Å². The predicted molar refractivity (Wildman–Crippen MR) is 96.5 cm³/mol. The van der Waals surface area contributed by atoms with Crippen LogP contribution < -0.4 is 10.1 Å². The number of pyridine rings is 1. The molecule has 0 aliphatic carbocycles. The van der Waals surface area contributed by atoms with Gasteiger partial charge in [0.1, 0.15) is 6.10 Å². The minimum atomic E-state index is 0.108. The maximum atomic E-state index is 6.30. The highest BCUT2D eigenvalue weighted by Crippen LogP contribution is 2.31. The summed E-state index contributed by atoms with van der Waals surface area (Å²) in [5.41, 5.74) is 3.70. The molecule has 1 fully saturated rings. The fraction of sp³-hybridized carbons (Fsp3) is 0.500. The topological polar surface area (TPSA) is 69.8 Å². The Labute approximate surface area is 147 Å². The molecular formula is C18H24N6O. The van der Waals surface area contributed by atoms with Crippen molar-refractivity contribution in [1.82, 2.24) is 29.9 Å². The van der Waals surface area contributed by atoms with E-state index in [0.717, 1.165) is 47.4 Å². The predicted octanol–water partition coefficient (Wildman–Crippen LogP) is 2.05. The molecule has 4 heterocycles. The standard InChI is InChI=1S/C18H24N6O/c1-11-14(9-23(3)21-11)16-7-17-15(10-24(4)22-17)18(20-16)25-12(2)13-5-6-19-8-13/h7,9-10,12-13,19H,5-6,8H2,1-4H3/t12-,13-/m1/s1. The van der Waals surface area contributed by atoms with Crippen LogP contribution >= 0.6 is 0 Å². The average molecular weight is 340 g/mol. The van der Waals surface area contributed by atoms with E-state index in [2.05, 4.69) is 22.4 Å². The van der Waals surface area contributed by atoms with Gasteiger partial charge in [-0.1, -0.05) is 0 Å². The zero-order valence-electron chi connectivity index (χ0n) is 15.2. The minimum absolute atomic E-state index is 0.108. The SMILES string of the molecule is Cc1nn(C)cc1-c1cc2nn(C)cc2c(O[C@H](C)[C@@H]2CCNC2)n1. The first kappa shape index (κ1) is 16.1. The Balaban J connectivity index is 1.77. The van der Waals surface area contributed by atoms with Crippen LogP contribution in [-0.4, -0.2) is 43.7 Å². The molecule has 1 aliphatic heterocycles. The molecule has 0 saturated carbocycles. The first-order valence-corrected chi connectivity index (χ1v) is 8.73. The van der Waals surface area contributed by atoms with Crippen molar-refractivity contribution >= 4 is 10.9 Å². The van der Waals surface area contributed by atoms with Crippen molar-refractivity contribution in [1.29, 1.82) is 0 Å². The normalized spacial score (nSPS) is 18.8. The molecule has 3 aromatic rings. The summed E-state index contributed by atoms with van der Waals surface area (Å²) in [6.07, 6.45) is 5.20. The molecule has 7 heteroatoms. The molecule has 0 unspecified atom stereocenters. The van der Waals surface area contributed by atoms with Crippen molar-refractivity contribution in [2.75, 3.05) is 13.1 Å². The van der Waals surface area contributed by atoms with Gasteiger partial charge in [0.2, 0.25) is 5.88 Å². The zero-order chi connectivity index (χ0) is 17.6. The molecule has 3 aromatic heterocycles. The Kier molecular flexibility index (Phi) is 3.95. The molecule has 4 rings (SSSR count). The zero-order valence-corrected chi connectivity index (χ0v) is 15.2. The monoisotopic (exact) mass is 340 g/mol. The van der Waals surface area contributed by atoms with Gasteiger partial charge >= 0.3 is 0 Å². The van der Waals surface area contributed by atoms with Crippen LogP contribution in [0.25, 0.3) is 22.2 Å². The molecule has 2 atom stereocenters. The smallest absolute Gasteiger partial charge is 0.225 e. The Morgan fingerprint density at radius 2 is 2.04 bits per heavy atom. The molecule has 1 saturated heterocycles. The van der Waals surface area contributed by atoms with Gasteiger partial charge < -0.3 is 10.1 Å². The van der Waals surface area contributed by atoms with Gasteiger partial charge in [-0.05, 0) is 32.9 Å². The molecule has 0 spiro atoms. The first-order valence-electron chi connectivity index (χ1n) is 8.73. The van der Waals surface area contributed by atoms with Crippen molar-refractivity contribution in [3.8, 4) is 17.1 Å². The Hall–Kier alpha value is -2.41. The quantitative estimate of drug-likeness (QED) is 0.787. The van der Waals surface area contributed by atoms with Crippen LogP contribution in [0.2, 0.25) is 0 Å². The third-order valence-corrected chi connectivity index (χ3v) is 4.93. The molecule has 0 amide bonds. The van der Waals surface area contributed by atoms with Crippen molar-refractivity contribution in [3.63, 3.8) is 0 Å². The highest BCUT2D eigenvalue weighted by atomic mass is 16.5. The summed E-state index contributed by atoms with van der Waals surface area (Å²) < 4.78 is 9.92. The average Bonchev–Trinajstić information content (AvgIpc) is 3.26. The molecule has 132 valence electrons. The fourth-order valence-electron chi connectivity index (χ4n) is 3.54. The van der Waals surface area contributed by atoms with E-state index in [0.29, 0.717) is 11.8 Å². The minimum Gasteiger partial charge on any atom is -0.474 e. The second-order valence-electron chi connectivity index (χ2n) is 6.93. The van der Waals surface area contributed by atoms with Crippen molar-refractivity contribution in [3.05, 3.63) is 24.2 Å². The van der Waals surface area contributed by atoms with Crippen molar-refractivity contribution in [2.45, 2.75) is 26.4 Å². The van der Waals surface area contributed by atoms with E-state index in [9.17, 15) is 0 Å². The molecule has 0 radical (unpaired) electrons. The van der Waals surface area contributed by atoms with E-state index >= 15 is 0 Å². The van der Waals surface area contributed by atoms with Crippen LogP contribution in [0.4, 0.5) is 0 Å². The summed E-state index contributed by atoms with van der Waals surface area (Å²) in [7, 11) is 3.84. The summed E-state index contributed by atoms with van der Waals surface area (Å²) >= 11 is 0. The Morgan fingerprint density at radius 3 is 2.72 bits per heavy atom. The van der Waals surface area contributed by atoms with Crippen LogP contribution in [0, 0.1) is 12.8 Å². The van der Waals surface area contributed by atoms with E-state index in [1.54, 1.807) is 4.68 Å². The number of rotatable bonds is 4. The van der Waals surface area contributed by atoms with E-state index in [1.165, 1.54) is 0 Å². The summed E-state index contributed by atoms with van der Waals surface area (Å²) in [6.45, 7) is 6.18. The van der Waals surface area contributed by atoms with Crippen LogP contribution in [0.1, 0.15) is 19.0 Å². The van der Waals surface area contributed by atoms with Crippen molar-refractivity contribution in [2.24, 2.45) is 20.0 Å². The number of aromatic nitrogens is 5. The van der Waals surface area contributed by atoms with Gasteiger partial charge in [0, 0.05) is 44.5 Å². The summed E-state index contributed by atoms with van der Waals surface area (Å²) in [4.78, 5) is 4.82. The lowest BCUT2D eigenvalue weighted by Gasteiger charge is -2.20. The molecule has 0 bridgehead atoms. The molecular weight excluding hydrogens is 316 g/mol. The largest absolute Gasteiger partial charge is 0.474 e. The van der Waals surface area contributed by atoms with Gasteiger partial charge in [0.25, 0.3) is 0 Å². The van der Waals surface area contributed by atoms with Crippen LogP contribution in [-0.2, 0) is 14.1 Å². The molecule has 1 N–H and O–H groups in total. The molecule has 25 heavy (non-hydrogen) atoms. The second-order valence-corrected chi connectivity index (χ2v) is 6.93. The number of hydrogen-bond acceptors (Lipinski definition) is 5. The fourth-order valence-corrected chi connectivity index (χ4v) is 3.54. The third kappa shape index (κ3) is 3.00. The summed E-state index contributed by atoms with van der Waals surface area (Å²) in [5, 5.41) is 13.3. The van der Waals surface area contributed by atoms with Gasteiger partial charge in [-0.15, -0.1) is 0 Å². The number of aryl methyl sites for hydroxylation is 3. The number of fused-ring (bicyclic) bond motifs is 1. The van der Waals surface area contributed by atoms with Crippen LogP contribution in [0.15, 0.2) is 18.5 Å². The summed E-state index contributed by atoms with van der Waals surface area (Å²) in [5.74, 6) is 1.17. The lowest BCUT2D eigenvalue weighted by molar-refractivity contribution is 0.157. The number of nitrogens with zero attached hydrogens (tertiary/aromatic N) is 5. The van der Waals surface area contributed by atoms with Gasteiger partial charge in [-0.25, -0.2) is 4.98 Å². The first-order chi connectivity index (χ1) is 12.0. The van der Waals surface area contributed by atoms with Gasteiger partial charge in [-0.3, -0.25) is 9.36 Å². The lowest BCUT2D eigenvalue weighted by Crippen LogP contribution is -2.26. The molecule has 1 aliphatic rings.